The summed E-state index contributed by atoms with van der Waals surface area (Å²) in [5.74, 6) is 0.749. The first-order valence-corrected chi connectivity index (χ1v) is 8.95. The summed E-state index contributed by atoms with van der Waals surface area (Å²) in [4.78, 5) is 19.0. The van der Waals surface area contributed by atoms with Crippen molar-refractivity contribution < 1.29 is 14.3 Å². The first kappa shape index (κ1) is 16.6. The monoisotopic (exact) mass is 350 g/mol. The van der Waals surface area contributed by atoms with Gasteiger partial charge >= 0.3 is 6.09 Å². The predicted octanol–water partition coefficient (Wildman–Crippen LogP) is 4.05. The lowest BCUT2D eigenvalue weighted by Gasteiger charge is -2.33. The van der Waals surface area contributed by atoms with Crippen molar-refractivity contribution in [3.63, 3.8) is 0 Å². The zero-order valence-corrected chi connectivity index (χ0v) is 14.8. The average Bonchev–Trinajstić information content (AvgIpc) is 2.96. The molecule has 1 amide bonds. The third-order valence-corrected chi connectivity index (χ3v) is 5.11. The minimum atomic E-state index is -0.223. The zero-order chi connectivity index (χ0) is 17.9. The Morgan fingerprint density at radius 1 is 1.19 bits per heavy atom. The summed E-state index contributed by atoms with van der Waals surface area (Å²) in [5.41, 5.74) is 3.16. The van der Waals surface area contributed by atoms with Gasteiger partial charge in [-0.2, -0.15) is 0 Å². The molecule has 2 aliphatic rings. The van der Waals surface area contributed by atoms with Gasteiger partial charge in [-0.25, -0.2) is 4.79 Å². The fourth-order valence-corrected chi connectivity index (χ4v) is 3.79. The van der Waals surface area contributed by atoms with Gasteiger partial charge in [-0.1, -0.05) is 36.4 Å². The fraction of sp³-hybridized carbons (Fsp3) is 0.333. The third-order valence-electron chi connectivity index (χ3n) is 5.11. The number of ether oxygens (including phenoxy) is 2. The van der Waals surface area contributed by atoms with Crippen LogP contribution < -0.4 is 4.74 Å². The Morgan fingerprint density at radius 2 is 2.04 bits per heavy atom. The molecule has 1 aromatic heterocycles. The Labute approximate surface area is 153 Å². The van der Waals surface area contributed by atoms with Gasteiger partial charge in [-0.05, 0) is 42.5 Å². The van der Waals surface area contributed by atoms with Crippen LogP contribution in [0.5, 0.6) is 5.75 Å². The number of carbonyl (C=O) groups is 1. The Bertz CT molecular complexity index is 802. The van der Waals surface area contributed by atoms with Crippen LogP contribution in [-0.2, 0) is 11.3 Å². The molecule has 2 atom stereocenters. The van der Waals surface area contributed by atoms with Crippen LogP contribution in [0.3, 0.4) is 0 Å². The highest BCUT2D eigenvalue weighted by Gasteiger charge is 2.40. The Hall–Kier alpha value is -2.82. The summed E-state index contributed by atoms with van der Waals surface area (Å²) in [6.07, 6.45) is 6.47. The lowest BCUT2D eigenvalue weighted by atomic mass is 9.98. The second-order valence-electron chi connectivity index (χ2n) is 6.73. The first-order chi connectivity index (χ1) is 12.7. The number of hydrogen-bond donors (Lipinski definition) is 0. The lowest BCUT2D eigenvalue weighted by Crippen LogP contribution is -2.43. The summed E-state index contributed by atoms with van der Waals surface area (Å²) < 4.78 is 10.7. The standard InChI is InChI=1S/C21H22N2O3/c1-25-19-9-10-20(22-13-19)16-11-17-7-8-18(12-16)23(17)21(24)26-14-15-5-3-2-4-6-15/h2-6,9-11,13,17-18H,7-8,12,14H2,1H3. The molecule has 26 heavy (non-hydrogen) atoms. The summed E-state index contributed by atoms with van der Waals surface area (Å²) in [6.45, 7) is 0.312. The number of benzene rings is 1. The molecule has 0 N–H and O–H groups in total. The summed E-state index contributed by atoms with van der Waals surface area (Å²) in [5, 5.41) is 0. The number of hydrogen-bond acceptors (Lipinski definition) is 4. The second-order valence-corrected chi connectivity index (χ2v) is 6.73. The van der Waals surface area contributed by atoms with Crippen LogP contribution in [0.4, 0.5) is 4.79 Å². The lowest BCUT2D eigenvalue weighted by molar-refractivity contribution is 0.0832. The number of fused-ring (bicyclic) bond motifs is 2. The van der Waals surface area contributed by atoms with E-state index in [-0.39, 0.29) is 18.2 Å². The van der Waals surface area contributed by atoms with Crippen LogP contribution in [0.25, 0.3) is 5.57 Å². The third kappa shape index (κ3) is 3.29. The van der Waals surface area contributed by atoms with E-state index < -0.39 is 0 Å². The van der Waals surface area contributed by atoms with Crippen molar-refractivity contribution in [3.05, 3.63) is 66.0 Å². The van der Waals surface area contributed by atoms with Gasteiger partial charge in [0.25, 0.3) is 0 Å². The van der Waals surface area contributed by atoms with Gasteiger partial charge in [0.1, 0.15) is 12.4 Å². The second kappa shape index (κ2) is 7.20. The van der Waals surface area contributed by atoms with E-state index in [1.54, 1.807) is 13.3 Å². The van der Waals surface area contributed by atoms with Crippen LogP contribution in [0.2, 0.25) is 0 Å². The molecule has 2 aliphatic heterocycles. The smallest absolute Gasteiger partial charge is 0.410 e. The number of aromatic nitrogens is 1. The van der Waals surface area contributed by atoms with Gasteiger partial charge in [0.2, 0.25) is 0 Å². The highest BCUT2D eigenvalue weighted by atomic mass is 16.6. The van der Waals surface area contributed by atoms with Crippen molar-refractivity contribution in [1.82, 2.24) is 9.88 Å². The highest BCUT2D eigenvalue weighted by Crippen LogP contribution is 2.38. The van der Waals surface area contributed by atoms with Crippen LogP contribution in [0, 0.1) is 0 Å². The molecule has 2 bridgehead atoms. The van der Waals surface area contributed by atoms with Gasteiger partial charge in [0.15, 0.2) is 0 Å². The molecule has 5 nitrogen and oxygen atoms in total. The molecular formula is C21H22N2O3. The number of amides is 1. The van der Waals surface area contributed by atoms with Crippen LogP contribution in [0.15, 0.2) is 54.7 Å². The summed E-state index contributed by atoms with van der Waals surface area (Å²) in [6, 6.07) is 14.0. The van der Waals surface area contributed by atoms with Crippen molar-refractivity contribution in [2.24, 2.45) is 0 Å². The van der Waals surface area contributed by atoms with E-state index in [2.05, 4.69) is 11.1 Å². The Balaban J connectivity index is 1.45. The number of nitrogens with zero attached hydrogens (tertiary/aromatic N) is 2. The van der Waals surface area contributed by atoms with E-state index in [4.69, 9.17) is 9.47 Å². The number of rotatable bonds is 4. The minimum absolute atomic E-state index is 0.0934. The van der Waals surface area contributed by atoms with Crippen LogP contribution in [-0.4, -0.2) is 35.2 Å². The molecular weight excluding hydrogens is 328 g/mol. The van der Waals surface area contributed by atoms with E-state index in [1.165, 1.54) is 5.57 Å². The predicted molar refractivity (Wildman–Crippen MR) is 98.7 cm³/mol. The van der Waals surface area contributed by atoms with Crippen LogP contribution in [0.1, 0.15) is 30.5 Å². The molecule has 2 unspecified atom stereocenters. The molecule has 4 rings (SSSR count). The molecule has 5 heteroatoms. The fourth-order valence-electron chi connectivity index (χ4n) is 3.79. The van der Waals surface area contributed by atoms with Gasteiger partial charge in [-0.3, -0.25) is 9.88 Å². The largest absolute Gasteiger partial charge is 0.495 e. The maximum atomic E-state index is 12.6. The number of methoxy groups -OCH3 is 1. The normalized spacial score (nSPS) is 21.3. The van der Waals surface area contributed by atoms with E-state index >= 15 is 0 Å². The summed E-state index contributed by atoms with van der Waals surface area (Å²) in [7, 11) is 1.63. The van der Waals surface area contributed by atoms with Gasteiger partial charge in [0, 0.05) is 6.04 Å². The highest BCUT2D eigenvalue weighted by molar-refractivity contribution is 5.74. The molecule has 0 aliphatic carbocycles. The van der Waals surface area contributed by atoms with E-state index in [1.807, 2.05) is 47.4 Å². The average molecular weight is 350 g/mol. The Morgan fingerprint density at radius 3 is 2.73 bits per heavy atom. The number of carbonyl (C=O) groups excluding carboxylic acids is 1. The minimum Gasteiger partial charge on any atom is -0.495 e. The molecule has 0 spiro atoms. The zero-order valence-electron chi connectivity index (χ0n) is 14.8. The van der Waals surface area contributed by atoms with Crippen LogP contribution >= 0.6 is 0 Å². The van der Waals surface area contributed by atoms with Crippen molar-refractivity contribution >= 4 is 11.7 Å². The topological polar surface area (TPSA) is 51.7 Å². The van der Waals surface area contributed by atoms with E-state index in [0.717, 1.165) is 36.3 Å². The Kier molecular flexibility index (Phi) is 4.61. The van der Waals surface area contributed by atoms with Gasteiger partial charge in [-0.15, -0.1) is 0 Å². The maximum absolute atomic E-state index is 12.6. The molecule has 0 radical (unpaired) electrons. The number of pyridine rings is 1. The van der Waals surface area contributed by atoms with Crippen molar-refractivity contribution in [3.8, 4) is 5.75 Å². The van der Waals surface area contributed by atoms with Crippen molar-refractivity contribution in [1.29, 1.82) is 0 Å². The van der Waals surface area contributed by atoms with Crippen molar-refractivity contribution in [2.75, 3.05) is 7.11 Å². The summed E-state index contributed by atoms with van der Waals surface area (Å²) >= 11 is 0. The molecule has 3 heterocycles. The van der Waals surface area contributed by atoms with Gasteiger partial charge in [0.05, 0.1) is 25.0 Å². The maximum Gasteiger partial charge on any atom is 0.410 e. The van der Waals surface area contributed by atoms with E-state index in [9.17, 15) is 4.79 Å². The quantitative estimate of drug-likeness (QED) is 0.835. The molecule has 1 saturated heterocycles. The van der Waals surface area contributed by atoms with Crippen molar-refractivity contribution in [2.45, 2.75) is 38.0 Å². The molecule has 0 saturated carbocycles. The molecule has 1 fully saturated rings. The van der Waals surface area contributed by atoms with E-state index in [0.29, 0.717) is 6.61 Å². The molecule has 2 aromatic rings. The molecule has 1 aromatic carbocycles. The van der Waals surface area contributed by atoms with Gasteiger partial charge < -0.3 is 9.47 Å². The molecule has 134 valence electrons. The SMILES string of the molecule is COc1ccc(C2=CC3CCC(C2)N3C(=O)OCc2ccccc2)nc1. The first-order valence-electron chi connectivity index (χ1n) is 8.95.